The van der Waals surface area contributed by atoms with Crippen molar-refractivity contribution in [2.24, 2.45) is 0 Å². The SMILES string of the molecule is [B]C([B])(O)N(C)C1CC(c2c(C=O)cccc2OC(F)F)n2c1nc1ccc(-c3ccc(CP(C)(C)=O)cc3F)cc12. The van der Waals surface area contributed by atoms with Crippen LogP contribution in [0.15, 0.2) is 54.6 Å². The predicted molar refractivity (Wildman–Crippen MR) is 156 cm³/mol. The van der Waals surface area contributed by atoms with Gasteiger partial charge in [0, 0.05) is 28.4 Å². The Morgan fingerprint density at radius 1 is 1.21 bits per heavy atom. The Morgan fingerprint density at radius 3 is 2.57 bits per heavy atom. The van der Waals surface area contributed by atoms with Gasteiger partial charge in [-0.3, -0.25) is 9.69 Å². The van der Waals surface area contributed by atoms with Crippen LogP contribution in [0.4, 0.5) is 13.2 Å². The molecule has 3 aromatic carbocycles. The van der Waals surface area contributed by atoms with Gasteiger partial charge < -0.3 is 19.0 Å². The number of aldehydes is 1. The van der Waals surface area contributed by atoms with Gasteiger partial charge in [-0.2, -0.15) is 8.78 Å². The van der Waals surface area contributed by atoms with Gasteiger partial charge in [-0.15, -0.1) is 0 Å². The summed E-state index contributed by atoms with van der Waals surface area (Å²) in [4.78, 5) is 18.1. The van der Waals surface area contributed by atoms with E-state index < -0.39 is 37.2 Å². The molecule has 2 unspecified atom stereocenters. The standard InChI is InChI=1S/C29H27B2F3N3O4P/c1-36(29(30,31)39)24-13-23(26-18(14-38)5-4-6-25(26)41-28(33)34)37-22-12-17(8-10-21(22)35-27(24)37)19-9-7-16(11-20(19)32)15-42(2,3)40/h4-12,14,23-24,28,39H,13,15H2,1-3H3. The second-order valence-electron chi connectivity index (χ2n) is 11.0. The average molecular weight is 591 g/mol. The quantitative estimate of drug-likeness (QED) is 0.123. The summed E-state index contributed by atoms with van der Waals surface area (Å²) in [5.41, 5.74) is 0.557. The summed E-state index contributed by atoms with van der Waals surface area (Å²) in [6, 6.07) is 12.7. The van der Waals surface area contributed by atoms with Gasteiger partial charge in [-0.05, 0) is 62.2 Å². The molecule has 7 nitrogen and oxygen atoms in total. The number of imidazole rings is 1. The third-order valence-corrected chi connectivity index (χ3v) is 8.62. The lowest BCUT2D eigenvalue weighted by atomic mass is 9.71. The van der Waals surface area contributed by atoms with Crippen LogP contribution in [-0.2, 0) is 10.7 Å². The molecule has 0 bridgehead atoms. The van der Waals surface area contributed by atoms with Gasteiger partial charge in [0.25, 0.3) is 0 Å². The summed E-state index contributed by atoms with van der Waals surface area (Å²) in [5.74, 6) is -0.274. The second-order valence-corrected chi connectivity index (χ2v) is 14.5. The zero-order valence-electron chi connectivity index (χ0n) is 23.2. The number of aromatic nitrogens is 2. The van der Waals surface area contributed by atoms with E-state index in [0.717, 1.165) is 0 Å². The zero-order chi connectivity index (χ0) is 30.6. The maximum atomic E-state index is 15.3. The molecule has 0 saturated heterocycles. The lowest BCUT2D eigenvalue weighted by Crippen LogP contribution is -2.49. The number of carbonyl (C=O) groups is 1. The molecule has 0 spiro atoms. The van der Waals surface area contributed by atoms with Crippen LogP contribution < -0.4 is 4.74 Å². The fraction of sp³-hybridized carbons (Fsp3) is 0.310. The van der Waals surface area contributed by atoms with E-state index in [1.165, 1.54) is 36.2 Å². The van der Waals surface area contributed by atoms with Crippen molar-refractivity contribution < 1.29 is 32.4 Å². The van der Waals surface area contributed by atoms with E-state index in [1.807, 2.05) is 0 Å². The van der Waals surface area contributed by atoms with Gasteiger partial charge in [0.05, 0.1) is 30.3 Å². The van der Waals surface area contributed by atoms with Crippen molar-refractivity contribution >= 4 is 40.2 Å². The summed E-state index contributed by atoms with van der Waals surface area (Å²) in [5, 5.41) is 10.4. The van der Waals surface area contributed by atoms with E-state index in [2.05, 4.69) is 0 Å². The van der Waals surface area contributed by atoms with Crippen molar-refractivity contribution in [3.63, 3.8) is 0 Å². The Morgan fingerprint density at radius 2 is 1.95 bits per heavy atom. The average Bonchev–Trinajstić information content (AvgIpc) is 3.43. The summed E-state index contributed by atoms with van der Waals surface area (Å²) in [6.07, 6.45) is 0.973. The Hall–Kier alpha value is -3.33. The number of hydrogen-bond acceptors (Lipinski definition) is 6. The van der Waals surface area contributed by atoms with Crippen molar-refractivity contribution in [2.75, 3.05) is 20.4 Å². The van der Waals surface area contributed by atoms with Crippen LogP contribution in [0.5, 0.6) is 5.75 Å². The Kier molecular flexibility index (Phi) is 7.94. The molecular formula is C29H27B2F3N3O4P. The van der Waals surface area contributed by atoms with Crippen LogP contribution in [0.25, 0.3) is 22.2 Å². The Balaban J connectivity index is 1.70. The normalized spacial score (nSPS) is 17.3. The summed E-state index contributed by atoms with van der Waals surface area (Å²) >= 11 is 0. The number of alkyl halides is 2. The monoisotopic (exact) mass is 591 g/mol. The first-order chi connectivity index (χ1) is 19.7. The van der Waals surface area contributed by atoms with E-state index >= 15 is 4.39 Å². The van der Waals surface area contributed by atoms with Crippen LogP contribution in [0.2, 0.25) is 0 Å². The number of halogens is 3. The number of ether oxygens (including phenoxy) is 1. The van der Waals surface area contributed by atoms with Gasteiger partial charge >= 0.3 is 6.61 Å². The first-order valence-electron chi connectivity index (χ1n) is 13.1. The number of aliphatic hydroxyl groups is 1. The minimum Gasteiger partial charge on any atom is -0.434 e. The van der Waals surface area contributed by atoms with E-state index in [4.69, 9.17) is 25.4 Å². The fourth-order valence-electron chi connectivity index (χ4n) is 5.64. The van der Waals surface area contributed by atoms with Gasteiger partial charge in [-0.1, -0.05) is 30.3 Å². The number of rotatable bonds is 9. The van der Waals surface area contributed by atoms with Gasteiger partial charge in [0.1, 0.15) is 33.1 Å². The number of benzene rings is 3. The minimum atomic E-state index is -3.14. The summed E-state index contributed by atoms with van der Waals surface area (Å²) in [6.45, 7) is 0.143. The van der Waals surface area contributed by atoms with E-state index in [9.17, 15) is 23.2 Å². The molecular weight excluding hydrogens is 564 g/mol. The lowest BCUT2D eigenvalue weighted by molar-refractivity contribution is -0.0507. The van der Waals surface area contributed by atoms with Crippen molar-refractivity contribution in [1.29, 1.82) is 0 Å². The molecule has 5 rings (SSSR count). The lowest BCUT2D eigenvalue weighted by Gasteiger charge is -2.36. The highest BCUT2D eigenvalue weighted by Crippen LogP contribution is 2.48. The molecule has 1 aliphatic rings. The molecule has 2 heterocycles. The fourth-order valence-corrected chi connectivity index (χ4v) is 6.72. The topological polar surface area (TPSA) is 84.7 Å². The van der Waals surface area contributed by atoms with Crippen molar-refractivity contribution in [1.82, 2.24) is 14.5 Å². The molecule has 1 aliphatic heterocycles. The van der Waals surface area contributed by atoms with E-state index in [1.54, 1.807) is 48.2 Å². The predicted octanol–water partition coefficient (Wildman–Crippen LogP) is 5.29. The maximum absolute atomic E-state index is 15.3. The Labute approximate surface area is 243 Å². The Bertz CT molecular complexity index is 1720. The molecule has 0 aliphatic carbocycles. The number of nitrogens with zero attached hydrogens (tertiary/aromatic N) is 3. The van der Waals surface area contributed by atoms with Crippen LogP contribution in [0, 0.1) is 5.82 Å². The van der Waals surface area contributed by atoms with E-state index in [-0.39, 0.29) is 29.5 Å². The highest BCUT2D eigenvalue weighted by Gasteiger charge is 2.42. The number of carbonyl (C=O) groups excluding carboxylic acids is 1. The highest BCUT2D eigenvalue weighted by atomic mass is 31.2. The van der Waals surface area contributed by atoms with Gasteiger partial charge in [0.2, 0.25) is 0 Å². The van der Waals surface area contributed by atoms with Crippen LogP contribution in [-0.4, -0.2) is 74.0 Å². The van der Waals surface area contributed by atoms with Crippen molar-refractivity contribution in [3.8, 4) is 16.9 Å². The molecule has 42 heavy (non-hydrogen) atoms. The molecule has 13 heteroatoms. The smallest absolute Gasteiger partial charge is 0.387 e. The molecule has 0 fully saturated rings. The largest absolute Gasteiger partial charge is 0.434 e. The minimum absolute atomic E-state index is 0.131. The molecule has 1 N–H and O–H groups in total. The van der Waals surface area contributed by atoms with Crippen LogP contribution in [0.3, 0.4) is 0 Å². The first kappa shape index (κ1) is 30.1. The van der Waals surface area contributed by atoms with Crippen LogP contribution in [0.1, 0.15) is 45.8 Å². The highest BCUT2D eigenvalue weighted by molar-refractivity contribution is 7.61. The first-order valence-corrected chi connectivity index (χ1v) is 15.9. The third kappa shape index (κ3) is 5.80. The zero-order valence-corrected chi connectivity index (χ0v) is 24.1. The molecule has 0 amide bonds. The molecule has 214 valence electrons. The molecule has 4 aromatic rings. The summed E-state index contributed by atoms with van der Waals surface area (Å²) in [7, 11) is 10.7. The second kappa shape index (κ2) is 11.1. The molecule has 1 aromatic heterocycles. The van der Waals surface area contributed by atoms with Gasteiger partial charge in [0.15, 0.2) is 6.29 Å². The molecule has 0 saturated carbocycles. The number of hydrogen-bond donors (Lipinski definition) is 1. The van der Waals surface area contributed by atoms with Gasteiger partial charge in [-0.25, -0.2) is 9.37 Å². The third-order valence-electron chi connectivity index (χ3n) is 7.49. The summed E-state index contributed by atoms with van der Waals surface area (Å²) < 4.78 is 61.0. The van der Waals surface area contributed by atoms with Crippen molar-refractivity contribution in [2.45, 2.75) is 36.8 Å². The maximum Gasteiger partial charge on any atom is 0.387 e. The van der Waals surface area contributed by atoms with Crippen molar-refractivity contribution in [3.05, 3.63) is 82.9 Å². The molecule has 4 radical (unpaired) electrons. The van der Waals surface area contributed by atoms with Crippen LogP contribution >= 0.6 is 7.14 Å². The van der Waals surface area contributed by atoms with E-state index in [0.29, 0.717) is 39.8 Å². The molecule has 2 atom stereocenters. The number of fused-ring (bicyclic) bond motifs is 3.